The van der Waals surface area contributed by atoms with E-state index in [4.69, 9.17) is 26.8 Å². The van der Waals surface area contributed by atoms with Crippen LogP contribution < -0.4 is 15.8 Å². The number of methoxy groups -OCH3 is 2. The fourth-order valence-electron chi connectivity index (χ4n) is 2.34. The van der Waals surface area contributed by atoms with Gasteiger partial charge in [-0.25, -0.2) is 4.79 Å². The maximum Gasteiger partial charge on any atom is 0.356 e. The molecule has 1 aliphatic rings. The molecule has 0 radical (unpaired) electrons. The normalized spacial score (nSPS) is 16.4. The van der Waals surface area contributed by atoms with E-state index in [1.54, 1.807) is 7.11 Å². The molecule has 0 spiro atoms. The third-order valence-corrected chi connectivity index (χ3v) is 4.50. The number of benzene rings is 1. The molecule has 140 valence electrons. The van der Waals surface area contributed by atoms with Crippen LogP contribution >= 0.6 is 11.6 Å². The minimum atomic E-state index is -0.618. The van der Waals surface area contributed by atoms with E-state index in [1.807, 2.05) is 31.2 Å². The average Bonchev–Trinajstić information content (AvgIpc) is 3.50. The van der Waals surface area contributed by atoms with Gasteiger partial charge in [0.25, 0.3) is 0 Å². The molecule has 6 nitrogen and oxygen atoms in total. The number of rotatable bonds is 8. The Hall–Kier alpha value is -2.47. The van der Waals surface area contributed by atoms with Crippen LogP contribution in [0.15, 0.2) is 52.3 Å². The second-order valence-corrected chi connectivity index (χ2v) is 6.45. The predicted molar refractivity (Wildman–Crippen MR) is 103 cm³/mol. The number of amidine groups is 1. The van der Waals surface area contributed by atoms with Crippen LogP contribution in [0.25, 0.3) is 0 Å². The van der Waals surface area contributed by atoms with Gasteiger partial charge in [-0.2, -0.15) is 0 Å². The lowest BCUT2D eigenvalue weighted by Crippen LogP contribution is -2.27. The van der Waals surface area contributed by atoms with E-state index in [0.29, 0.717) is 5.92 Å². The summed E-state index contributed by atoms with van der Waals surface area (Å²) in [5.74, 6) is 0.528. The Balaban J connectivity index is 2.23. The number of hydrogen-bond donors (Lipinski definition) is 2. The Labute approximate surface area is 158 Å². The quantitative estimate of drug-likeness (QED) is 0.314. The van der Waals surface area contributed by atoms with Gasteiger partial charge in [-0.1, -0.05) is 30.3 Å². The first-order chi connectivity index (χ1) is 12.4. The van der Waals surface area contributed by atoms with Gasteiger partial charge >= 0.3 is 5.97 Å². The zero-order valence-corrected chi connectivity index (χ0v) is 16.0. The highest BCUT2D eigenvalue weighted by Gasteiger charge is 2.28. The molecule has 0 aromatic heterocycles. The summed E-state index contributed by atoms with van der Waals surface area (Å²) >= 11 is 6.32. The van der Waals surface area contributed by atoms with Crippen molar-refractivity contribution in [1.29, 1.82) is 0 Å². The minimum absolute atomic E-state index is 0.0130. The molecule has 0 aliphatic heterocycles. The summed E-state index contributed by atoms with van der Waals surface area (Å²) in [5, 5.41) is 2.95. The molecule has 1 aromatic rings. The number of esters is 1. The molecule has 0 unspecified atom stereocenters. The molecule has 1 atom stereocenters. The summed E-state index contributed by atoms with van der Waals surface area (Å²) in [6.45, 7) is 5.82. The molecule has 1 fully saturated rings. The standard InChI is InChI=1S/C19H24ClN3O3/c1-11(13-5-6-13)22-17(19(24)26-4)16(20)18(21)23-12(2)14-7-9-15(25-3)10-8-14/h7-10,12-13,22H,1,5-6H2,2-4H3,(H2,21,23)/t12-/m0/s1. The zero-order chi connectivity index (χ0) is 19.3. The number of allylic oxidation sites excluding steroid dienone is 1. The van der Waals surface area contributed by atoms with Crippen molar-refractivity contribution in [1.82, 2.24) is 5.32 Å². The van der Waals surface area contributed by atoms with Crippen molar-refractivity contribution in [3.63, 3.8) is 0 Å². The summed E-state index contributed by atoms with van der Waals surface area (Å²) in [7, 11) is 2.89. The van der Waals surface area contributed by atoms with Crippen molar-refractivity contribution in [2.75, 3.05) is 14.2 Å². The number of nitrogens with one attached hydrogen (secondary N) is 1. The lowest BCUT2D eigenvalue weighted by molar-refractivity contribution is -0.136. The van der Waals surface area contributed by atoms with Crippen molar-refractivity contribution in [2.24, 2.45) is 16.6 Å². The highest BCUT2D eigenvalue weighted by molar-refractivity contribution is 6.44. The van der Waals surface area contributed by atoms with Crippen LogP contribution in [0.1, 0.15) is 31.4 Å². The first-order valence-electron chi connectivity index (χ1n) is 8.28. The lowest BCUT2D eigenvalue weighted by atomic mass is 10.1. The topological polar surface area (TPSA) is 85.9 Å². The molecule has 7 heteroatoms. The second kappa shape index (κ2) is 8.76. The Morgan fingerprint density at radius 3 is 2.46 bits per heavy atom. The SMILES string of the molecule is C=C(NC(C(=O)OC)=C(Cl)C(N)=N[C@@H](C)c1ccc(OC)cc1)C1CC1. The molecule has 0 saturated heterocycles. The van der Waals surface area contributed by atoms with Crippen LogP contribution in [-0.4, -0.2) is 26.0 Å². The van der Waals surface area contributed by atoms with Crippen LogP contribution in [0.4, 0.5) is 0 Å². The van der Waals surface area contributed by atoms with Gasteiger partial charge in [-0.05, 0) is 43.4 Å². The molecule has 3 N–H and O–H groups in total. The number of nitrogens with zero attached hydrogens (tertiary/aromatic N) is 1. The lowest BCUT2D eigenvalue weighted by Gasteiger charge is -2.14. The molecule has 26 heavy (non-hydrogen) atoms. The monoisotopic (exact) mass is 377 g/mol. The summed E-state index contributed by atoms with van der Waals surface area (Å²) < 4.78 is 9.93. The van der Waals surface area contributed by atoms with Crippen molar-refractivity contribution in [3.8, 4) is 5.75 Å². The van der Waals surface area contributed by atoms with E-state index in [9.17, 15) is 4.79 Å². The predicted octanol–water partition coefficient (Wildman–Crippen LogP) is 3.25. The zero-order valence-electron chi connectivity index (χ0n) is 15.2. The Kier molecular flexibility index (Phi) is 6.69. The van der Waals surface area contributed by atoms with E-state index < -0.39 is 5.97 Å². The van der Waals surface area contributed by atoms with Crippen molar-refractivity contribution >= 4 is 23.4 Å². The fraction of sp³-hybridized carbons (Fsp3) is 0.368. The summed E-state index contributed by atoms with van der Waals surface area (Å²) in [5.41, 5.74) is 7.74. The molecule has 0 amide bonds. The van der Waals surface area contributed by atoms with Crippen LogP contribution in [0.2, 0.25) is 0 Å². The van der Waals surface area contributed by atoms with Gasteiger partial charge in [0.05, 0.1) is 20.3 Å². The van der Waals surface area contributed by atoms with Crippen molar-refractivity contribution in [2.45, 2.75) is 25.8 Å². The minimum Gasteiger partial charge on any atom is -0.497 e. The van der Waals surface area contributed by atoms with Gasteiger partial charge in [-0.15, -0.1) is 0 Å². The molecular formula is C19H24ClN3O3. The van der Waals surface area contributed by atoms with Crippen LogP contribution in [0.5, 0.6) is 5.75 Å². The second-order valence-electron chi connectivity index (χ2n) is 6.07. The maximum atomic E-state index is 12.1. The number of hydrogen-bond acceptors (Lipinski definition) is 5. The molecule has 2 rings (SSSR count). The Bertz CT molecular complexity index is 737. The van der Waals surface area contributed by atoms with Gasteiger partial charge < -0.3 is 20.5 Å². The smallest absolute Gasteiger partial charge is 0.356 e. The van der Waals surface area contributed by atoms with E-state index in [-0.39, 0.29) is 22.6 Å². The molecule has 0 heterocycles. The van der Waals surface area contributed by atoms with Crippen molar-refractivity contribution < 1.29 is 14.3 Å². The van der Waals surface area contributed by atoms with Gasteiger partial charge in [0.15, 0.2) is 0 Å². The Morgan fingerprint density at radius 1 is 1.35 bits per heavy atom. The molecular weight excluding hydrogens is 354 g/mol. The van der Waals surface area contributed by atoms with E-state index in [0.717, 1.165) is 29.9 Å². The highest BCUT2D eigenvalue weighted by Crippen LogP contribution is 2.34. The maximum absolute atomic E-state index is 12.1. The average molecular weight is 378 g/mol. The number of halogens is 1. The van der Waals surface area contributed by atoms with Gasteiger partial charge in [0.1, 0.15) is 22.3 Å². The fourth-order valence-corrected chi connectivity index (χ4v) is 2.52. The number of aliphatic imine (C=N–C) groups is 1. The first-order valence-corrected chi connectivity index (χ1v) is 8.66. The molecule has 1 aromatic carbocycles. The van der Waals surface area contributed by atoms with Crippen LogP contribution in [0.3, 0.4) is 0 Å². The molecule has 1 aliphatic carbocycles. The number of carbonyl (C=O) groups excluding carboxylic acids is 1. The van der Waals surface area contributed by atoms with Crippen molar-refractivity contribution in [3.05, 3.63) is 52.8 Å². The Morgan fingerprint density at radius 2 is 1.96 bits per heavy atom. The largest absolute Gasteiger partial charge is 0.497 e. The highest BCUT2D eigenvalue weighted by atomic mass is 35.5. The van der Waals surface area contributed by atoms with Gasteiger partial charge in [-0.3, -0.25) is 4.99 Å². The first kappa shape index (κ1) is 19.8. The third kappa shape index (κ3) is 5.02. The van der Waals surface area contributed by atoms with E-state index >= 15 is 0 Å². The van der Waals surface area contributed by atoms with Crippen LogP contribution in [-0.2, 0) is 9.53 Å². The van der Waals surface area contributed by atoms with Gasteiger partial charge in [0.2, 0.25) is 0 Å². The van der Waals surface area contributed by atoms with E-state index in [2.05, 4.69) is 16.9 Å². The number of carbonyl (C=O) groups is 1. The van der Waals surface area contributed by atoms with Crippen LogP contribution in [0, 0.1) is 5.92 Å². The van der Waals surface area contributed by atoms with Gasteiger partial charge in [0, 0.05) is 5.70 Å². The molecule has 1 saturated carbocycles. The summed E-state index contributed by atoms with van der Waals surface area (Å²) in [6.07, 6.45) is 2.08. The van der Waals surface area contributed by atoms with E-state index in [1.165, 1.54) is 7.11 Å². The molecule has 0 bridgehead atoms. The number of nitrogens with two attached hydrogens (primary N) is 1. The summed E-state index contributed by atoms with van der Waals surface area (Å²) in [4.78, 5) is 16.5. The third-order valence-electron chi connectivity index (χ3n) is 4.12. The number of ether oxygens (including phenoxy) is 2. The summed E-state index contributed by atoms with van der Waals surface area (Å²) in [6, 6.07) is 7.23.